The molecule has 0 N–H and O–H groups in total. The molecule has 0 spiro atoms. The zero-order valence-corrected chi connectivity index (χ0v) is 13.5. The van der Waals surface area contributed by atoms with Crippen LogP contribution in [0.2, 0.25) is 0 Å². The van der Waals surface area contributed by atoms with E-state index < -0.39 is 0 Å². The van der Waals surface area contributed by atoms with Crippen LogP contribution in [-0.2, 0) is 0 Å². The summed E-state index contributed by atoms with van der Waals surface area (Å²) in [7, 11) is 0. The molecular formula is C16H17N7O. The Bertz CT molecular complexity index is 877. The molecule has 1 aromatic carbocycles. The molecule has 122 valence electrons. The van der Waals surface area contributed by atoms with E-state index in [2.05, 4.69) is 20.4 Å². The van der Waals surface area contributed by atoms with Gasteiger partial charge >= 0.3 is 0 Å². The Morgan fingerprint density at radius 2 is 1.92 bits per heavy atom. The van der Waals surface area contributed by atoms with Crippen molar-refractivity contribution >= 4 is 5.91 Å². The average Bonchev–Trinajstić information content (AvgIpc) is 3.14. The number of aryl methyl sites for hydroxylation is 2. The molecule has 1 aliphatic rings. The van der Waals surface area contributed by atoms with Gasteiger partial charge in [-0.15, -0.1) is 5.10 Å². The first-order valence-corrected chi connectivity index (χ1v) is 7.78. The molecule has 0 bridgehead atoms. The van der Waals surface area contributed by atoms with Gasteiger partial charge in [-0.25, -0.2) is 14.3 Å². The fourth-order valence-corrected chi connectivity index (χ4v) is 2.89. The molecule has 0 unspecified atom stereocenters. The molecule has 1 saturated heterocycles. The van der Waals surface area contributed by atoms with Crippen LogP contribution in [0.4, 0.5) is 0 Å². The fourth-order valence-electron chi connectivity index (χ4n) is 2.89. The van der Waals surface area contributed by atoms with Gasteiger partial charge in [0, 0.05) is 13.1 Å². The second kappa shape index (κ2) is 5.55. The molecule has 3 heterocycles. The summed E-state index contributed by atoms with van der Waals surface area (Å²) in [5, 5.41) is 12.4. The van der Waals surface area contributed by atoms with E-state index in [4.69, 9.17) is 0 Å². The number of hydrogen-bond donors (Lipinski definition) is 0. The van der Waals surface area contributed by atoms with Crippen LogP contribution in [0.3, 0.4) is 0 Å². The molecule has 8 nitrogen and oxygen atoms in total. The molecule has 0 saturated carbocycles. The SMILES string of the molecule is Cc1nc(C)n(C2CN(C(=O)c3cn(-c4ccccc4)nn3)C2)n1. The minimum Gasteiger partial charge on any atom is -0.333 e. The van der Waals surface area contributed by atoms with E-state index in [1.54, 1.807) is 15.8 Å². The fraction of sp³-hybridized carbons (Fsp3) is 0.312. The number of carbonyl (C=O) groups excluding carboxylic acids is 1. The lowest BCUT2D eigenvalue weighted by molar-refractivity contribution is 0.0490. The molecule has 1 aliphatic heterocycles. The van der Waals surface area contributed by atoms with Crippen molar-refractivity contribution < 1.29 is 4.79 Å². The number of amides is 1. The Morgan fingerprint density at radius 1 is 1.17 bits per heavy atom. The number of hydrogen-bond acceptors (Lipinski definition) is 5. The number of para-hydroxylation sites is 1. The number of carbonyl (C=O) groups is 1. The van der Waals surface area contributed by atoms with Gasteiger partial charge in [-0.2, -0.15) is 5.10 Å². The van der Waals surface area contributed by atoms with E-state index in [0.29, 0.717) is 18.8 Å². The zero-order valence-electron chi connectivity index (χ0n) is 13.5. The number of rotatable bonds is 3. The van der Waals surface area contributed by atoms with Gasteiger partial charge < -0.3 is 4.90 Å². The highest BCUT2D eigenvalue weighted by Gasteiger charge is 2.35. The summed E-state index contributed by atoms with van der Waals surface area (Å²) in [6.45, 7) is 5.02. The highest BCUT2D eigenvalue weighted by Crippen LogP contribution is 2.23. The van der Waals surface area contributed by atoms with Crippen molar-refractivity contribution in [2.75, 3.05) is 13.1 Å². The highest BCUT2D eigenvalue weighted by molar-refractivity contribution is 5.92. The summed E-state index contributed by atoms with van der Waals surface area (Å²) >= 11 is 0. The lowest BCUT2D eigenvalue weighted by atomic mass is 10.1. The predicted octanol–water partition coefficient (Wildman–Crippen LogP) is 1.17. The van der Waals surface area contributed by atoms with Crippen LogP contribution in [0, 0.1) is 13.8 Å². The van der Waals surface area contributed by atoms with Crippen molar-refractivity contribution in [3.63, 3.8) is 0 Å². The maximum absolute atomic E-state index is 12.5. The molecule has 1 amide bonds. The summed E-state index contributed by atoms with van der Waals surface area (Å²) in [4.78, 5) is 18.6. The summed E-state index contributed by atoms with van der Waals surface area (Å²) in [6, 6.07) is 9.78. The van der Waals surface area contributed by atoms with Crippen LogP contribution in [0.25, 0.3) is 5.69 Å². The molecule has 4 rings (SSSR count). The van der Waals surface area contributed by atoms with E-state index >= 15 is 0 Å². The maximum Gasteiger partial charge on any atom is 0.276 e. The van der Waals surface area contributed by atoms with Crippen LogP contribution < -0.4 is 0 Å². The molecule has 8 heteroatoms. The van der Waals surface area contributed by atoms with Crippen molar-refractivity contribution in [2.24, 2.45) is 0 Å². The average molecular weight is 323 g/mol. The van der Waals surface area contributed by atoms with Crippen LogP contribution >= 0.6 is 0 Å². The molecule has 2 aromatic heterocycles. The summed E-state index contributed by atoms with van der Waals surface area (Å²) in [5.74, 6) is 1.52. The van der Waals surface area contributed by atoms with E-state index in [-0.39, 0.29) is 11.9 Å². The van der Waals surface area contributed by atoms with Gasteiger partial charge in [0.25, 0.3) is 5.91 Å². The van der Waals surface area contributed by atoms with Gasteiger partial charge in [-0.1, -0.05) is 23.4 Å². The third-order valence-electron chi connectivity index (χ3n) is 4.14. The van der Waals surface area contributed by atoms with Gasteiger partial charge in [0.1, 0.15) is 11.6 Å². The standard InChI is InChI=1S/C16H17N7O/c1-11-17-12(2)23(19-11)14-8-21(9-14)16(24)15-10-22(20-18-15)13-6-4-3-5-7-13/h3-7,10,14H,8-9H2,1-2H3. The van der Waals surface area contributed by atoms with Gasteiger partial charge in [0.15, 0.2) is 5.69 Å². The molecule has 0 radical (unpaired) electrons. The quantitative estimate of drug-likeness (QED) is 0.723. The highest BCUT2D eigenvalue weighted by atomic mass is 16.2. The van der Waals surface area contributed by atoms with Gasteiger partial charge in [0.2, 0.25) is 0 Å². The minimum atomic E-state index is -0.108. The largest absolute Gasteiger partial charge is 0.333 e. The summed E-state index contributed by atoms with van der Waals surface area (Å²) in [5.41, 5.74) is 1.23. The Morgan fingerprint density at radius 3 is 2.58 bits per heavy atom. The van der Waals surface area contributed by atoms with Crippen LogP contribution in [0.5, 0.6) is 0 Å². The van der Waals surface area contributed by atoms with Crippen molar-refractivity contribution in [3.8, 4) is 5.69 Å². The summed E-state index contributed by atoms with van der Waals surface area (Å²) < 4.78 is 3.50. The van der Waals surface area contributed by atoms with Crippen LogP contribution in [0.15, 0.2) is 36.5 Å². The van der Waals surface area contributed by atoms with E-state index in [1.165, 1.54) is 0 Å². The van der Waals surface area contributed by atoms with Crippen LogP contribution in [-0.4, -0.2) is 53.7 Å². The van der Waals surface area contributed by atoms with E-state index in [9.17, 15) is 4.79 Å². The zero-order chi connectivity index (χ0) is 16.7. The first-order chi connectivity index (χ1) is 11.6. The van der Waals surface area contributed by atoms with Crippen molar-refractivity contribution in [1.82, 2.24) is 34.7 Å². The number of benzene rings is 1. The van der Waals surface area contributed by atoms with Gasteiger partial charge in [-0.3, -0.25) is 4.79 Å². The lowest BCUT2D eigenvalue weighted by Crippen LogP contribution is -2.51. The van der Waals surface area contributed by atoms with E-state index in [1.807, 2.05) is 48.9 Å². The van der Waals surface area contributed by atoms with Crippen molar-refractivity contribution in [1.29, 1.82) is 0 Å². The van der Waals surface area contributed by atoms with E-state index in [0.717, 1.165) is 17.3 Å². The van der Waals surface area contributed by atoms with Crippen LogP contribution in [0.1, 0.15) is 28.2 Å². The minimum absolute atomic E-state index is 0.108. The smallest absolute Gasteiger partial charge is 0.276 e. The molecule has 3 aromatic rings. The Kier molecular flexibility index (Phi) is 3.37. The second-order valence-electron chi connectivity index (χ2n) is 5.90. The molecule has 24 heavy (non-hydrogen) atoms. The lowest BCUT2D eigenvalue weighted by Gasteiger charge is -2.38. The second-order valence-corrected chi connectivity index (χ2v) is 5.90. The molecule has 1 fully saturated rings. The molecular weight excluding hydrogens is 306 g/mol. The van der Waals surface area contributed by atoms with Crippen molar-refractivity contribution in [2.45, 2.75) is 19.9 Å². The number of likely N-dealkylation sites (tertiary alicyclic amines) is 1. The monoisotopic (exact) mass is 323 g/mol. The van der Waals surface area contributed by atoms with Gasteiger partial charge in [0.05, 0.1) is 17.9 Å². The third-order valence-corrected chi connectivity index (χ3v) is 4.14. The topological polar surface area (TPSA) is 81.7 Å². The third kappa shape index (κ3) is 2.45. The normalized spacial score (nSPS) is 14.7. The molecule has 0 aliphatic carbocycles. The first kappa shape index (κ1) is 14.6. The summed E-state index contributed by atoms with van der Waals surface area (Å²) in [6.07, 6.45) is 1.66. The Labute approximate surface area is 138 Å². The van der Waals surface area contributed by atoms with Gasteiger partial charge in [-0.05, 0) is 26.0 Å². The first-order valence-electron chi connectivity index (χ1n) is 7.78. The predicted molar refractivity (Wildman–Crippen MR) is 85.8 cm³/mol. The number of nitrogens with zero attached hydrogens (tertiary/aromatic N) is 7. The van der Waals surface area contributed by atoms with Crippen molar-refractivity contribution in [3.05, 3.63) is 53.9 Å². The number of aromatic nitrogens is 6. The Balaban J connectivity index is 1.45. The Hall–Kier alpha value is -3.03. The maximum atomic E-state index is 12.5. The molecule has 0 atom stereocenters.